The zero-order valence-corrected chi connectivity index (χ0v) is 25.6. The Bertz CT molecular complexity index is 1550. The summed E-state index contributed by atoms with van der Waals surface area (Å²) >= 11 is 0. The predicted octanol–water partition coefficient (Wildman–Crippen LogP) is 2.23. The highest BCUT2D eigenvalue weighted by Gasteiger charge is 2.44. The molecule has 1 saturated heterocycles. The second-order valence-corrected chi connectivity index (χ2v) is 13.3. The van der Waals surface area contributed by atoms with Crippen LogP contribution in [-0.4, -0.2) is 94.4 Å². The van der Waals surface area contributed by atoms with Gasteiger partial charge in [0.1, 0.15) is 16.9 Å². The highest BCUT2D eigenvalue weighted by molar-refractivity contribution is 7.53. The Balaban J connectivity index is 1.33. The van der Waals surface area contributed by atoms with Crippen molar-refractivity contribution in [1.82, 2.24) is 20.2 Å². The normalized spacial score (nSPS) is 19.1. The first-order valence-electron chi connectivity index (χ1n) is 14.4. The van der Waals surface area contributed by atoms with E-state index in [0.717, 1.165) is 10.4 Å². The molecule has 0 bridgehead atoms. The van der Waals surface area contributed by atoms with Gasteiger partial charge < -0.3 is 40.3 Å². The van der Waals surface area contributed by atoms with Crippen molar-refractivity contribution in [2.75, 3.05) is 46.2 Å². The number of hydrogen-bond acceptors (Lipinski definition) is 11. The van der Waals surface area contributed by atoms with Crippen molar-refractivity contribution < 1.29 is 43.0 Å². The first-order valence-corrected chi connectivity index (χ1v) is 16.4. The molecule has 5 N–H and O–H groups in total. The van der Waals surface area contributed by atoms with E-state index in [-0.39, 0.29) is 23.6 Å². The first kappa shape index (κ1) is 31.7. The van der Waals surface area contributed by atoms with Gasteiger partial charge in [0, 0.05) is 43.3 Å². The van der Waals surface area contributed by atoms with Crippen molar-refractivity contribution in [2.45, 2.75) is 43.4 Å². The minimum Gasteiger partial charge on any atom is -0.487 e. The molecule has 0 saturated carbocycles. The Morgan fingerprint density at radius 1 is 1.18 bits per heavy atom. The zero-order valence-electron chi connectivity index (χ0n) is 24.7. The van der Waals surface area contributed by atoms with Crippen LogP contribution in [0, 0.1) is 0 Å². The van der Waals surface area contributed by atoms with Gasteiger partial charge in [-0.25, -0.2) is 9.36 Å². The van der Waals surface area contributed by atoms with Crippen LogP contribution in [0.1, 0.15) is 48.1 Å². The van der Waals surface area contributed by atoms with Crippen LogP contribution in [0.25, 0.3) is 10.9 Å². The Labute approximate surface area is 254 Å². The molecule has 2 amide bonds. The molecule has 15 heteroatoms. The Kier molecular flexibility index (Phi) is 9.19. The van der Waals surface area contributed by atoms with Gasteiger partial charge in [0.15, 0.2) is 0 Å². The Hall–Kier alpha value is -3.68. The molecule has 2 aromatic carbocycles. The summed E-state index contributed by atoms with van der Waals surface area (Å²) in [7, 11) is -3.78. The fraction of sp³-hybridized carbons (Fsp3) is 0.483. The van der Waals surface area contributed by atoms with Gasteiger partial charge in [0.25, 0.3) is 5.91 Å². The van der Waals surface area contributed by atoms with Crippen LogP contribution in [0.15, 0.2) is 48.7 Å². The topological polar surface area (TPSA) is 188 Å². The molecule has 44 heavy (non-hydrogen) atoms. The van der Waals surface area contributed by atoms with Crippen molar-refractivity contribution >= 4 is 30.5 Å². The summed E-state index contributed by atoms with van der Waals surface area (Å²) < 4.78 is 35.3. The van der Waals surface area contributed by atoms with E-state index < -0.39 is 38.6 Å². The molecule has 0 unspecified atom stereocenters. The van der Waals surface area contributed by atoms with E-state index >= 15 is 0 Å². The van der Waals surface area contributed by atoms with Gasteiger partial charge in [-0.1, -0.05) is 35.2 Å². The summed E-state index contributed by atoms with van der Waals surface area (Å²) in [4.78, 5) is 28.6. The third-order valence-corrected chi connectivity index (χ3v) is 8.97. The standard InChI is InChI=1S/C29H38N5O9P/c1-3-40-27(38)33-13-11-29(12-14-33)15-23(21-8-4-5-10-24(21)42-29)31-26(37)22-9-6-7-20-16-34(32-25(20)22)43-44(2,39)41-19-28(30,17-35)18-36/h4-10,16,23,35-36H,3,11-15,17-19,30H2,1-2H3,(H,31,37)/t23-,44-/m0/s1. The number of ether oxygens (including phenoxy) is 2. The minimum atomic E-state index is -3.78. The number of nitrogens with zero attached hydrogens (tertiary/aromatic N) is 3. The average Bonchev–Trinajstić information content (AvgIpc) is 3.42. The molecule has 238 valence electrons. The lowest BCUT2D eigenvalue weighted by atomic mass is 9.80. The highest BCUT2D eigenvalue weighted by Crippen LogP contribution is 2.45. The van der Waals surface area contributed by atoms with Crippen LogP contribution < -0.4 is 20.4 Å². The maximum Gasteiger partial charge on any atom is 0.409 e. The maximum absolute atomic E-state index is 13.7. The second-order valence-electron chi connectivity index (χ2n) is 11.3. The van der Waals surface area contributed by atoms with Crippen LogP contribution >= 0.6 is 7.60 Å². The van der Waals surface area contributed by atoms with Gasteiger partial charge >= 0.3 is 13.7 Å². The molecule has 14 nitrogen and oxygen atoms in total. The lowest BCUT2D eigenvalue weighted by molar-refractivity contribution is -0.0233. The number of aromatic nitrogens is 2. The number of likely N-dealkylation sites (tertiary alicyclic amines) is 1. The molecular formula is C29H38N5O9P. The molecule has 1 fully saturated rings. The summed E-state index contributed by atoms with van der Waals surface area (Å²) in [5, 5.41) is 26.8. The van der Waals surface area contributed by atoms with Crippen molar-refractivity contribution in [2.24, 2.45) is 5.73 Å². The molecule has 1 aromatic heterocycles. The summed E-state index contributed by atoms with van der Waals surface area (Å²) in [6.07, 6.45) is 2.82. The largest absolute Gasteiger partial charge is 0.487 e. The number of benzene rings is 2. The van der Waals surface area contributed by atoms with Crippen LogP contribution in [0.5, 0.6) is 5.75 Å². The van der Waals surface area contributed by atoms with Gasteiger partial charge in [-0.15, -0.1) is 5.10 Å². The summed E-state index contributed by atoms with van der Waals surface area (Å²) in [5.74, 6) is 0.323. The van der Waals surface area contributed by atoms with E-state index in [9.17, 15) is 24.4 Å². The fourth-order valence-electron chi connectivity index (χ4n) is 5.41. The number of amides is 2. The van der Waals surface area contributed by atoms with E-state index in [4.69, 9.17) is 24.4 Å². The minimum absolute atomic E-state index is 0.286. The number of nitrogens with one attached hydrogen (secondary N) is 1. The molecule has 2 atom stereocenters. The number of nitrogens with two attached hydrogens (primary N) is 1. The summed E-state index contributed by atoms with van der Waals surface area (Å²) in [6.45, 7) is 2.67. The lowest BCUT2D eigenvalue weighted by Crippen LogP contribution is -2.53. The van der Waals surface area contributed by atoms with Crippen LogP contribution in [0.3, 0.4) is 0 Å². The number of carbonyl (C=O) groups excluding carboxylic acids is 2. The quantitative estimate of drug-likeness (QED) is 0.240. The van der Waals surface area contributed by atoms with Gasteiger partial charge in [-0.05, 0) is 19.1 Å². The zero-order chi connectivity index (χ0) is 31.5. The van der Waals surface area contributed by atoms with Crippen molar-refractivity contribution in [1.29, 1.82) is 0 Å². The van der Waals surface area contributed by atoms with Crippen molar-refractivity contribution in [3.63, 3.8) is 0 Å². The number of aliphatic hydroxyl groups excluding tert-OH is 2. The molecular weight excluding hydrogens is 593 g/mol. The fourth-order valence-corrected chi connectivity index (χ4v) is 6.34. The third-order valence-electron chi connectivity index (χ3n) is 7.91. The van der Waals surface area contributed by atoms with Gasteiger partial charge in [-0.3, -0.25) is 9.32 Å². The van der Waals surface area contributed by atoms with E-state index in [1.165, 1.54) is 12.9 Å². The van der Waals surface area contributed by atoms with Gasteiger partial charge in [-0.2, -0.15) is 0 Å². The monoisotopic (exact) mass is 631 g/mol. The maximum atomic E-state index is 13.7. The molecule has 3 aromatic rings. The van der Waals surface area contributed by atoms with E-state index in [0.29, 0.717) is 55.6 Å². The summed E-state index contributed by atoms with van der Waals surface area (Å²) in [6, 6.07) is 12.3. The van der Waals surface area contributed by atoms with Crippen LogP contribution in [0.4, 0.5) is 4.79 Å². The Morgan fingerprint density at radius 3 is 2.61 bits per heavy atom. The molecule has 2 aliphatic heterocycles. The smallest absolute Gasteiger partial charge is 0.409 e. The SMILES string of the molecule is CCOC(=O)N1CCC2(CC1)C[C@H](NC(=O)c1cccc3cn(O[P@@](C)(=O)OCC(N)(CO)CO)nc13)c1ccccc1O2. The van der Waals surface area contributed by atoms with E-state index in [2.05, 4.69) is 10.4 Å². The average molecular weight is 632 g/mol. The van der Waals surface area contributed by atoms with Crippen LogP contribution in [-0.2, 0) is 13.8 Å². The van der Waals surface area contributed by atoms with Crippen LogP contribution in [0.2, 0.25) is 0 Å². The third kappa shape index (κ3) is 6.84. The van der Waals surface area contributed by atoms with E-state index in [1.54, 1.807) is 30.0 Å². The number of piperidine rings is 1. The predicted molar refractivity (Wildman–Crippen MR) is 159 cm³/mol. The number of aliphatic hydroxyl groups is 2. The number of para-hydroxylation sites is 1. The number of hydrogen-bond donors (Lipinski definition) is 4. The number of rotatable bonds is 10. The van der Waals surface area contributed by atoms with Crippen molar-refractivity contribution in [3.05, 3.63) is 59.8 Å². The molecule has 0 aliphatic carbocycles. The molecule has 0 radical (unpaired) electrons. The lowest BCUT2D eigenvalue weighted by Gasteiger charge is -2.46. The van der Waals surface area contributed by atoms with Crippen molar-refractivity contribution in [3.8, 4) is 5.75 Å². The first-order chi connectivity index (χ1) is 21.0. The molecule has 5 rings (SSSR count). The molecule has 3 heterocycles. The molecule has 2 aliphatic rings. The second kappa shape index (κ2) is 12.7. The number of fused-ring (bicyclic) bond motifs is 2. The summed E-state index contributed by atoms with van der Waals surface area (Å²) in [5.41, 5.74) is 5.20. The van der Waals surface area contributed by atoms with E-state index in [1.807, 2.05) is 24.3 Å². The molecule has 1 spiro atoms. The highest BCUT2D eigenvalue weighted by atomic mass is 31.2. The van der Waals surface area contributed by atoms with Gasteiger partial charge in [0.2, 0.25) is 0 Å². The Morgan fingerprint density at radius 2 is 1.91 bits per heavy atom. The van der Waals surface area contributed by atoms with Gasteiger partial charge in [0.05, 0.1) is 56.4 Å². The number of carbonyl (C=O) groups is 2.